The van der Waals surface area contributed by atoms with Crippen LogP contribution in [-0.4, -0.2) is 13.1 Å². The van der Waals surface area contributed by atoms with Crippen molar-refractivity contribution in [3.05, 3.63) is 24.0 Å². The quantitative estimate of drug-likeness (QED) is 0.539. The van der Waals surface area contributed by atoms with Gasteiger partial charge < -0.3 is 4.74 Å². The SMILES string of the molecule is C=Nc1ccc(F)c(OC(F)(F)F)c1. The Bertz CT molecular complexity index is 348. The van der Waals surface area contributed by atoms with Crippen molar-refractivity contribution in [2.75, 3.05) is 0 Å². The Balaban J connectivity index is 3.01. The molecule has 1 aromatic carbocycles. The maximum atomic E-state index is 12.7. The first-order valence-electron chi connectivity index (χ1n) is 3.44. The first kappa shape index (κ1) is 10.5. The smallest absolute Gasteiger partial charge is 0.403 e. The molecule has 2 nitrogen and oxygen atoms in total. The molecule has 0 unspecified atom stereocenters. The van der Waals surface area contributed by atoms with Gasteiger partial charge in [-0.2, -0.15) is 0 Å². The van der Waals surface area contributed by atoms with Gasteiger partial charge in [-0.05, 0) is 18.9 Å². The van der Waals surface area contributed by atoms with Crippen LogP contribution in [-0.2, 0) is 0 Å². The van der Waals surface area contributed by atoms with Gasteiger partial charge in [0.25, 0.3) is 0 Å². The van der Waals surface area contributed by atoms with Gasteiger partial charge in [0.15, 0.2) is 11.6 Å². The lowest BCUT2D eigenvalue weighted by molar-refractivity contribution is -0.275. The van der Waals surface area contributed by atoms with E-state index >= 15 is 0 Å². The number of halogens is 4. The molecule has 0 atom stereocenters. The van der Waals surface area contributed by atoms with Crippen molar-refractivity contribution < 1.29 is 22.3 Å². The fourth-order valence-corrected chi connectivity index (χ4v) is 0.793. The van der Waals surface area contributed by atoms with E-state index in [1.165, 1.54) is 6.07 Å². The summed E-state index contributed by atoms with van der Waals surface area (Å²) in [5, 5.41) is 0. The molecule has 1 aromatic rings. The van der Waals surface area contributed by atoms with E-state index in [-0.39, 0.29) is 5.69 Å². The molecule has 0 aliphatic rings. The Labute approximate surface area is 76.8 Å². The summed E-state index contributed by atoms with van der Waals surface area (Å²) in [6, 6.07) is 2.83. The monoisotopic (exact) mass is 207 g/mol. The fraction of sp³-hybridized carbons (Fsp3) is 0.125. The molecule has 0 aliphatic carbocycles. The highest BCUT2D eigenvalue weighted by atomic mass is 19.4. The van der Waals surface area contributed by atoms with E-state index in [0.29, 0.717) is 0 Å². The third kappa shape index (κ3) is 2.72. The first-order chi connectivity index (χ1) is 6.42. The Kier molecular flexibility index (Phi) is 2.73. The summed E-state index contributed by atoms with van der Waals surface area (Å²) in [4.78, 5) is 3.34. The van der Waals surface area contributed by atoms with Gasteiger partial charge >= 0.3 is 6.36 Å². The second kappa shape index (κ2) is 3.65. The van der Waals surface area contributed by atoms with Crippen LogP contribution in [0.2, 0.25) is 0 Å². The van der Waals surface area contributed by atoms with Crippen molar-refractivity contribution >= 4 is 12.4 Å². The molecule has 0 N–H and O–H groups in total. The first-order valence-corrected chi connectivity index (χ1v) is 3.44. The maximum absolute atomic E-state index is 12.7. The van der Waals surface area contributed by atoms with Crippen LogP contribution in [0.15, 0.2) is 23.2 Å². The molecule has 0 aliphatic heterocycles. The number of hydrogen-bond acceptors (Lipinski definition) is 2. The zero-order valence-corrected chi connectivity index (χ0v) is 6.81. The highest BCUT2D eigenvalue weighted by molar-refractivity contribution is 5.49. The molecule has 0 saturated heterocycles. The van der Waals surface area contributed by atoms with Gasteiger partial charge in [-0.15, -0.1) is 13.2 Å². The minimum atomic E-state index is -4.92. The zero-order valence-electron chi connectivity index (χ0n) is 6.81. The number of aliphatic imine (C=N–C) groups is 1. The average Bonchev–Trinajstić information content (AvgIpc) is 2.06. The van der Waals surface area contributed by atoms with E-state index < -0.39 is 17.9 Å². The van der Waals surface area contributed by atoms with Gasteiger partial charge in [-0.3, -0.25) is 4.99 Å². The summed E-state index contributed by atoms with van der Waals surface area (Å²) < 4.78 is 51.3. The van der Waals surface area contributed by atoms with Gasteiger partial charge in [0.1, 0.15) is 0 Å². The predicted molar refractivity (Wildman–Crippen MR) is 42.3 cm³/mol. The fourth-order valence-electron chi connectivity index (χ4n) is 0.793. The lowest BCUT2D eigenvalue weighted by Gasteiger charge is -2.09. The minimum Gasteiger partial charge on any atom is -0.403 e. The van der Waals surface area contributed by atoms with E-state index in [2.05, 4.69) is 16.4 Å². The Hall–Kier alpha value is -1.59. The molecule has 0 radical (unpaired) electrons. The van der Waals surface area contributed by atoms with Crippen molar-refractivity contribution in [1.29, 1.82) is 0 Å². The van der Waals surface area contributed by atoms with Crippen molar-refractivity contribution in [2.45, 2.75) is 6.36 Å². The zero-order chi connectivity index (χ0) is 10.8. The van der Waals surface area contributed by atoms with Gasteiger partial charge in [-0.25, -0.2) is 4.39 Å². The summed E-state index contributed by atoms with van der Waals surface area (Å²) in [6.07, 6.45) is -4.92. The molecule has 0 spiro atoms. The Morgan fingerprint density at radius 2 is 1.93 bits per heavy atom. The van der Waals surface area contributed by atoms with E-state index in [4.69, 9.17) is 0 Å². The molecular weight excluding hydrogens is 202 g/mol. The Morgan fingerprint density at radius 3 is 2.43 bits per heavy atom. The average molecular weight is 207 g/mol. The molecule has 6 heteroatoms. The number of ether oxygens (including phenoxy) is 1. The number of hydrogen-bond donors (Lipinski definition) is 0. The van der Waals surface area contributed by atoms with Gasteiger partial charge in [0.2, 0.25) is 0 Å². The van der Waals surface area contributed by atoms with Crippen molar-refractivity contribution in [3.63, 3.8) is 0 Å². The highest BCUT2D eigenvalue weighted by Gasteiger charge is 2.32. The summed E-state index contributed by atoms with van der Waals surface area (Å²) in [5.41, 5.74) is 0.102. The third-order valence-corrected chi connectivity index (χ3v) is 1.32. The topological polar surface area (TPSA) is 21.6 Å². The van der Waals surface area contributed by atoms with Crippen LogP contribution in [0.5, 0.6) is 5.75 Å². The predicted octanol–water partition coefficient (Wildman–Crippen LogP) is 3.06. The molecule has 0 amide bonds. The van der Waals surface area contributed by atoms with Crippen LogP contribution < -0.4 is 4.74 Å². The van der Waals surface area contributed by atoms with Crippen molar-refractivity contribution in [1.82, 2.24) is 0 Å². The van der Waals surface area contributed by atoms with Crippen molar-refractivity contribution in [2.24, 2.45) is 4.99 Å². The van der Waals surface area contributed by atoms with Crippen LogP contribution >= 0.6 is 0 Å². The number of alkyl halides is 3. The van der Waals surface area contributed by atoms with Gasteiger partial charge in [0, 0.05) is 6.07 Å². The summed E-state index contributed by atoms with van der Waals surface area (Å²) in [7, 11) is 0. The van der Waals surface area contributed by atoms with Crippen LogP contribution in [0, 0.1) is 5.82 Å². The van der Waals surface area contributed by atoms with Crippen LogP contribution in [0.4, 0.5) is 23.2 Å². The molecule has 0 fully saturated rings. The van der Waals surface area contributed by atoms with E-state index in [0.717, 1.165) is 12.1 Å². The molecule has 0 aromatic heterocycles. The van der Waals surface area contributed by atoms with Crippen LogP contribution in [0.25, 0.3) is 0 Å². The molecule has 1 rings (SSSR count). The number of nitrogens with zero attached hydrogens (tertiary/aromatic N) is 1. The van der Waals surface area contributed by atoms with E-state index in [1.807, 2.05) is 0 Å². The van der Waals surface area contributed by atoms with Gasteiger partial charge in [0.05, 0.1) is 5.69 Å². The second-order valence-electron chi connectivity index (χ2n) is 2.32. The second-order valence-corrected chi connectivity index (χ2v) is 2.32. The summed E-state index contributed by atoms with van der Waals surface area (Å²) in [6.45, 7) is 3.09. The largest absolute Gasteiger partial charge is 0.573 e. The molecule has 0 saturated carbocycles. The van der Waals surface area contributed by atoms with Gasteiger partial charge in [-0.1, -0.05) is 0 Å². The van der Waals surface area contributed by atoms with Crippen molar-refractivity contribution in [3.8, 4) is 5.75 Å². The normalized spacial score (nSPS) is 11.1. The lowest BCUT2D eigenvalue weighted by Crippen LogP contribution is -2.17. The van der Waals surface area contributed by atoms with Crippen LogP contribution in [0.3, 0.4) is 0 Å². The maximum Gasteiger partial charge on any atom is 0.573 e. The highest BCUT2D eigenvalue weighted by Crippen LogP contribution is 2.28. The Morgan fingerprint density at radius 1 is 1.29 bits per heavy atom. The molecule has 0 bridgehead atoms. The minimum absolute atomic E-state index is 0.102. The third-order valence-electron chi connectivity index (χ3n) is 1.32. The number of benzene rings is 1. The van der Waals surface area contributed by atoms with E-state index in [9.17, 15) is 17.6 Å². The standard InChI is InChI=1S/C8H5F4NO/c1-13-5-2-3-6(9)7(4-5)14-8(10,11)12/h2-4H,1H2. The summed E-state index contributed by atoms with van der Waals surface area (Å²) in [5.74, 6) is -2.02. The molecule has 14 heavy (non-hydrogen) atoms. The molecule has 0 heterocycles. The summed E-state index contributed by atoms with van der Waals surface area (Å²) >= 11 is 0. The lowest BCUT2D eigenvalue weighted by atomic mass is 10.3. The van der Waals surface area contributed by atoms with Crippen LogP contribution in [0.1, 0.15) is 0 Å². The van der Waals surface area contributed by atoms with E-state index in [1.54, 1.807) is 0 Å². The molecule has 76 valence electrons. The number of rotatable bonds is 2. The molecular formula is C8H5F4NO.